The minimum absolute atomic E-state index is 0.490. The minimum atomic E-state index is 0.490. The van der Waals surface area contributed by atoms with E-state index in [9.17, 15) is 0 Å². The SMILES string of the molecule is S=C(Nc1ccc(Cl)c(Cl)c1)Nc1ccccc1I. The van der Waals surface area contributed by atoms with Crippen LogP contribution < -0.4 is 10.6 Å². The summed E-state index contributed by atoms with van der Waals surface area (Å²) < 4.78 is 1.10. The number of para-hydroxylation sites is 1. The third kappa shape index (κ3) is 4.21. The second-order valence-electron chi connectivity index (χ2n) is 3.69. The third-order valence-corrected chi connectivity index (χ3v) is 4.18. The second-order valence-corrected chi connectivity index (χ2v) is 6.07. The van der Waals surface area contributed by atoms with Crippen molar-refractivity contribution < 1.29 is 0 Å². The van der Waals surface area contributed by atoms with E-state index in [0.717, 1.165) is 14.9 Å². The van der Waals surface area contributed by atoms with Crippen molar-refractivity contribution in [3.05, 3.63) is 56.1 Å². The van der Waals surface area contributed by atoms with Crippen LogP contribution in [0.4, 0.5) is 11.4 Å². The van der Waals surface area contributed by atoms with Gasteiger partial charge in [-0.05, 0) is 65.1 Å². The van der Waals surface area contributed by atoms with Crippen LogP contribution in [0.2, 0.25) is 10.0 Å². The first-order valence-electron chi connectivity index (χ1n) is 5.34. The van der Waals surface area contributed by atoms with Crippen LogP contribution in [0.1, 0.15) is 0 Å². The molecule has 0 saturated heterocycles. The molecule has 0 heterocycles. The average Bonchev–Trinajstić information content (AvgIpc) is 2.37. The fraction of sp³-hybridized carbons (Fsp3) is 0. The van der Waals surface area contributed by atoms with Gasteiger partial charge in [0.1, 0.15) is 0 Å². The van der Waals surface area contributed by atoms with Gasteiger partial charge in [0.15, 0.2) is 5.11 Å². The summed E-state index contributed by atoms with van der Waals surface area (Å²) >= 11 is 19.3. The lowest BCUT2D eigenvalue weighted by Gasteiger charge is -2.12. The monoisotopic (exact) mass is 422 g/mol. The first-order chi connectivity index (χ1) is 9.06. The Labute approximate surface area is 140 Å². The first-order valence-corrected chi connectivity index (χ1v) is 7.58. The second kappa shape index (κ2) is 6.74. The largest absolute Gasteiger partial charge is 0.332 e. The van der Waals surface area contributed by atoms with Crippen LogP contribution in [-0.2, 0) is 0 Å². The van der Waals surface area contributed by atoms with E-state index in [-0.39, 0.29) is 0 Å². The molecule has 0 spiro atoms. The lowest BCUT2D eigenvalue weighted by Crippen LogP contribution is -2.19. The fourth-order valence-electron chi connectivity index (χ4n) is 1.42. The van der Waals surface area contributed by atoms with Gasteiger partial charge in [0.25, 0.3) is 0 Å². The topological polar surface area (TPSA) is 24.1 Å². The third-order valence-electron chi connectivity index (χ3n) is 2.30. The molecule has 98 valence electrons. The van der Waals surface area contributed by atoms with Crippen molar-refractivity contribution in [1.82, 2.24) is 0 Å². The molecular formula is C13H9Cl2IN2S. The van der Waals surface area contributed by atoms with Gasteiger partial charge in [-0.15, -0.1) is 0 Å². The number of anilines is 2. The molecule has 0 atom stereocenters. The average molecular weight is 423 g/mol. The van der Waals surface area contributed by atoms with E-state index in [1.807, 2.05) is 30.3 Å². The molecule has 0 aliphatic heterocycles. The maximum Gasteiger partial charge on any atom is 0.175 e. The number of rotatable bonds is 2. The van der Waals surface area contributed by atoms with Gasteiger partial charge >= 0.3 is 0 Å². The highest BCUT2D eigenvalue weighted by Crippen LogP contribution is 2.25. The number of thiocarbonyl (C=S) groups is 1. The van der Waals surface area contributed by atoms with Gasteiger partial charge < -0.3 is 10.6 Å². The Kier molecular flexibility index (Phi) is 5.27. The number of hydrogen-bond donors (Lipinski definition) is 2. The number of halogens is 3. The van der Waals surface area contributed by atoms with E-state index in [2.05, 4.69) is 33.2 Å². The number of hydrogen-bond acceptors (Lipinski definition) is 1. The Bertz CT molecular complexity index is 619. The molecule has 2 N–H and O–H groups in total. The molecule has 0 aliphatic rings. The zero-order valence-electron chi connectivity index (χ0n) is 9.58. The van der Waals surface area contributed by atoms with Crippen LogP contribution in [0.5, 0.6) is 0 Å². The van der Waals surface area contributed by atoms with Crippen molar-refractivity contribution in [3.63, 3.8) is 0 Å². The van der Waals surface area contributed by atoms with Gasteiger partial charge in [-0.3, -0.25) is 0 Å². The van der Waals surface area contributed by atoms with Gasteiger partial charge in [-0.2, -0.15) is 0 Å². The normalized spacial score (nSPS) is 10.1. The maximum atomic E-state index is 5.95. The van der Waals surface area contributed by atoms with Gasteiger partial charge in [0.2, 0.25) is 0 Å². The lowest BCUT2D eigenvalue weighted by molar-refractivity contribution is 1.57. The van der Waals surface area contributed by atoms with Crippen LogP contribution in [-0.4, -0.2) is 5.11 Å². The predicted molar refractivity (Wildman–Crippen MR) is 95.5 cm³/mol. The highest BCUT2D eigenvalue weighted by Gasteiger charge is 2.03. The summed E-state index contributed by atoms with van der Waals surface area (Å²) in [6.45, 7) is 0. The molecule has 2 aromatic carbocycles. The van der Waals surface area contributed by atoms with Crippen molar-refractivity contribution in [2.75, 3.05) is 10.6 Å². The van der Waals surface area contributed by atoms with E-state index in [1.54, 1.807) is 12.1 Å². The predicted octanol–water partition coefficient (Wildman–Crippen LogP) is 5.41. The highest BCUT2D eigenvalue weighted by atomic mass is 127. The van der Waals surface area contributed by atoms with Gasteiger partial charge in [-0.25, -0.2) is 0 Å². The first kappa shape index (κ1) is 14.8. The van der Waals surface area contributed by atoms with Crippen molar-refractivity contribution in [2.24, 2.45) is 0 Å². The van der Waals surface area contributed by atoms with Crippen molar-refractivity contribution in [2.45, 2.75) is 0 Å². The zero-order valence-corrected chi connectivity index (χ0v) is 14.1. The molecule has 0 fully saturated rings. The summed E-state index contributed by atoms with van der Waals surface area (Å²) in [5.74, 6) is 0. The Balaban J connectivity index is 2.05. The molecule has 2 rings (SSSR count). The summed E-state index contributed by atoms with van der Waals surface area (Å²) in [4.78, 5) is 0. The fourth-order valence-corrected chi connectivity index (χ4v) is 2.47. The minimum Gasteiger partial charge on any atom is -0.332 e. The molecular weight excluding hydrogens is 414 g/mol. The van der Waals surface area contributed by atoms with E-state index in [1.165, 1.54) is 0 Å². The molecule has 0 amide bonds. The Hall–Kier alpha value is -0.560. The van der Waals surface area contributed by atoms with Crippen LogP contribution >= 0.6 is 58.0 Å². The summed E-state index contributed by atoms with van der Waals surface area (Å²) in [6, 6.07) is 13.2. The standard InChI is InChI=1S/C13H9Cl2IN2S/c14-9-6-5-8(7-10(9)15)17-13(19)18-12-4-2-1-3-11(12)16/h1-7H,(H2,17,18,19). The molecule has 2 nitrogen and oxygen atoms in total. The van der Waals surface area contributed by atoms with Gasteiger partial charge in [0, 0.05) is 9.26 Å². The molecule has 0 bridgehead atoms. The van der Waals surface area contributed by atoms with Crippen molar-refractivity contribution >= 4 is 74.5 Å². The quantitative estimate of drug-likeness (QED) is 0.500. The van der Waals surface area contributed by atoms with Crippen LogP contribution in [0.3, 0.4) is 0 Å². The maximum absolute atomic E-state index is 5.95. The van der Waals surface area contributed by atoms with Gasteiger partial charge in [0.05, 0.1) is 15.7 Å². The summed E-state index contributed by atoms with van der Waals surface area (Å²) in [7, 11) is 0. The Morgan fingerprint density at radius 2 is 1.74 bits per heavy atom. The molecule has 0 aromatic heterocycles. The highest BCUT2D eigenvalue weighted by molar-refractivity contribution is 14.1. The molecule has 6 heteroatoms. The zero-order chi connectivity index (χ0) is 13.8. The molecule has 0 aliphatic carbocycles. The Morgan fingerprint density at radius 3 is 2.42 bits per heavy atom. The van der Waals surface area contributed by atoms with E-state index < -0.39 is 0 Å². The lowest BCUT2D eigenvalue weighted by atomic mass is 10.3. The number of nitrogens with one attached hydrogen (secondary N) is 2. The number of benzene rings is 2. The van der Waals surface area contributed by atoms with Crippen LogP contribution in [0.15, 0.2) is 42.5 Å². The van der Waals surface area contributed by atoms with E-state index >= 15 is 0 Å². The summed E-state index contributed by atoms with van der Waals surface area (Å²) in [5.41, 5.74) is 1.75. The Morgan fingerprint density at radius 1 is 1.00 bits per heavy atom. The molecule has 0 radical (unpaired) electrons. The summed E-state index contributed by atoms with van der Waals surface area (Å²) in [6.07, 6.45) is 0. The van der Waals surface area contributed by atoms with Gasteiger partial charge in [-0.1, -0.05) is 35.3 Å². The molecule has 0 saturated carbocycles. The van der Waals surface area contributed by atoms with E-state index in [4.69, 9.17) is 35.4 Å². The van der Waals surface area contributed by atoms with Crippen molar-refractivity contribution in [1.29, 1.82) is 0 Å². The molecule has 19 heavy (non-hydrogen) atoms. The molecule has 2 aromatic rings. The van der Waals surface area contributed by atoms with Crippen LogP contribution in [0.25, 0.3) is 0 Å². The summed E-state index contributed by atoms with van der Waals surface area (Å²) in [5, 5.41) is 7.70. The van der Waals surface area contributed by atoms with Crippen molar-refractivity contribution in [3.8, 4) is 0 Å². The molecule has 0 unspecified atom stereocenters. The van der Waals surface area contributed by atoms with Crippen LogP contribution in [0, 0.1) is 3.57 Å². The smallest absolute Gasteiger partial charge is 0.175 e. The van der Waals surface area contributed by atoms with E-state index in [0.29, 0.717) is 15.2 Å².